The molecule has 3 aliphatic carbocycles. The molecule has 0 aromatic heterocycles. The molecule has 3 atom stereocenters. The van der Waals surface area contributed by atoms with Crippen molar-refractivity contribution in [1.29, 1.82) is 0 Å². The van der Waals surface area contributed by atoms with Crippen molar-refractivity contribution in [2.45, 2.75) is 33.1 Å². The van der Waals surface area contributed by atoms with Gasteiger partial charge in [0, 0.05) is 0 Å². The van der Waals surface area contributed by atoms with Crippen LogP contribution in [0.25, 0.3) is 0 Å². The molecule has 3 saturated carbocycles. The Kier molecular flexibility index (Phi) is 1.51. The first-order chi connectivity index (χ1) is 5.53. The lowest BCUT2D eigenvalue weighted by molar-refractivity contribution is -0.164. The van der Waals surface area contributed by atoms with Crippen molar-refractivity contribution in [1.82, 2.24) is 0 Å². The van der Waals surface area contributed by atoms with Crippen LogP contribution in [-0.4, -0.2) is 11.1 Å². The fourth-order valence-corrected chi connectivity index (χ4v) is 3.11. The summed E-state index contributed by atoms with van der Waals surface area (Å²) in [4.78, 5) is 10.9. The van der Waals surface area contributed by atoms with Gasteiger partial charge in [0.2, 0.25) is 0 Å². The molecule has 12 heavy (non-hydrogen) atoms. The third-order valence-electron chi connectivity index (χ3n) is 4.18. The first-order valence-electron chi connectivity index (χ1n) is 4.76. The molecular formula is C10H16O2. The van der Waals surface area contributed by atoms with E-state index >= 15 is 0 Å². The van der Waals surface area contributed by atoms with E-state index in [0.717, 1.165) is 25.2 Å². The molecule has 0 saturated heterocycles. The van der Waals surface area contributed by atoms with Gasteiger partial charge in [-0.05, 0) is 36.5 Å². The van der Waals surface area contributed by atoms with E-state index in [1.807, 2.05) is 0 Å². The smallest absolute Gasteiger partial charge is 0.306 e. The van der Waals surface area contributed by atoms with Crippen LogP contribution >= 0.6 is 0 Å². The third-order valence-corrected chi connectivity index (χ3v) is 4.18. The zero-order chi connectivity index (χ0) is 8.93. The first kappa shape index (κ1) is 8.09. The van der Waals surface area contributed by atoms with Crippen LogP contribution in [0.3, 0.4) is 0 Å². The zero-order valence-electron chi connectivity index (χ0n) is 7.71. The average Bonchev–Trinajstić information content (AvgIpc) is 2.04. The van der Waals surface area contributed by atoms with Crippen molar-refractivity contribution in [3.8, 4) is 0 Å². The van der Waals surface area contributed by atoms with Gasteiger partial charge in [0.1, 0.15) is 0 Å². The second kappa shape index (κ2) is 2.24. The molecule has 0 aromatic rings. The second-order valence-corrected chi connectivity index (χ2v) is 4.88. The Morgan fingerprint density at radius 1 is 1.42 bits per heavy atom. The van der Waals surface area contributed by atoms with Gasteiger partial charge in [0.05, 0.1) is 5.92 Å². The Balaban J connectivity index is 2.16. The summed E-state index contributed by atoms with van der Waals surface area (Å²) in [7, 11) is 0. The molecule has 0 heterocycles. The van der Waals surface area contributed by atoms with E-state index in [1.165, 1.54) is 0 Å². The van der Waals surface area contributed by atoms with Gasteiger partial charge in [-0.3, -0.25) is 4.79 Å². The molecule has 0 unspecified atom stereocenters. The summed E-state index contributed by atoms with van der Waals surface area (Å²) >= 11 is 0. The quantitative estimate of drug-likeness (QED) is 0.651. The molecule has 0 amide bonds. The summed E-state index contributed by atoms with van der Waals surface area (Å²) in [6.07, 6.45) is 3.19. The molecular weight excluding hydrogens is 152 g/mol. The Bertz CT molecular complexity index is 218. The van der Waals surface area contributed by atoms with Crippen LogP contribution in [-0.2, 0) is 4.79 Å². The summed E-state index contributed by atoms with van der Waals surface area (Å²) in [6.45, 7) is 4.45. The van der Waals surface area contributed by atoms with E-state index in [1.54, 1.807) is 0 Å². The van der Waals surface area contributed by atoms with E-state index in [4.69, 9.17) is 5.11 Å². The molecule has 0 spiro atoms. The maximum atomic E-state index is 10.9. The minimum Gasteiger partial charge on any atom is -0.481 e. The van der Waals surface area contributed by atoms with Gasteiger partial charge in [-0.2, -0.15) is 0 Å². The fraction of sp³-hybridized carbons (Fsp3) is 0.900. The number of carbonyl (C=O) groups is 1. The molecule has 2 bridgehead atoms. The number of rotatable bonds is 1. The van der Waals surface area contributed by atoms with Crippen LogP contribution in [0.1, 0.15) is 33.1 Å². The molecule has 3 fully saturated rings. The molecule has 3 rings (SSSR count). The van der Waals surface area contributed by atoms with Crippen LogP contribution in [0.4, 0.5) is 0 Å². The largest absolute Gasteiger partial charge is 0.481 e. The normalized spacial score (nSPS) is 43.3. The molecule has 68 valence electrons. The average molecular weight is 168 g/mol. The molecule has 2 nitrogen and oxygen atoms in total. The predicted molar refractivity (Wildman–Crippen MR) is 45.7 cm³/mol. The topological polar surface area (TPSA) is 37.3 Å². The fourth-order valence-electron chi connectivity index (χ4n) is 3.11. The maximum absolute atomic E-state index is 10.9. The molecule has 1 N–H and O–H groups in total. The molecule has 0 radical (unpaired) electrons. The summed E-state index contributed by atoms with van der Waals surface area (Å²) in [5.74, 6) is 0.628. The highest BCUT2D eigenvalue weighted by Crippen LogP contribution is 2.61. The zero-order valence-corrected chi connectivity index (χ0v) is 7.71. The number of aliphatic carboxylic acids is 1. The van der Waals surface area contributed by atoms with Gasteiger partial charge in [0.15, 0.2) is 0 Å². The number of carboxylic acids is 1. The van der Waals surface area contributed by atoms with Gasteiger partial charge in [-0.15, -0.1) is 0 Å². The van der Waals surface area contributed by atoms with Gasteiger partial charge < -0.3 is 5.11 Å². The van der Waals surface area contributed by atoms with Crippen LogP contribution in [0.15, 0.2) is 0 Å². The number of hydrogen-bond acceptors (Lipinski definition) is 1. The van der Waals surface area contributed by atoms with Crippen molar-refractivity contribution in [2.24, 2.45) is 23.2 Å². The van der Waals surface area contributed by atoms with E-state index in [0.29, 0.717) is 11.3 Å². The first-order valence-corrected chi connectivity index (χ1v) is 4.76. The van der Waals surface area contributed by atoms with Crippen LogP contribution < -0.4 is 0 Å². The number of hydrogen-bond donors (Lipinski definition) is 1. The van der Waals surface area contributed by atoms with E-state index < -0.39 is 5.97 Å². The SMILES string of the molecule is CC1(C)[C@H]2CC[C@@H](C(=O)O)[C@@H]1C2. The van der Waals surface area contributed by atoms with Gasteiger partial charge in [-0.1, -0.05) is 13.8 Å². The van der Waals surface area contributed by atoms with E-state index in [-0.39, 0.29) is 5.92 Å². The van der Waals surface area contributed by atoms with Crippen molar-refractivity contribution < 1.29 is 9.90 Å². The summed E-state index contributed by atoms with van der Waals surface area (Å²) in [6, 6.07) is 0. The molecule has 0 aliphatic heterocycles. The van der Waals surface area contributed by atoms with Crippen molar-refractivity contribution in [3.05, 3.63) is 0 Å². The van der Waals surface area contributed by atoms with Crippen LogP contribution in [0.5, 0.6) is 0 Å². The van der Waals surface area contributed by atoms with Gasteiger partial charge in [0.25, 0.3) is 0 Å². The van der Waals surface area contributed by atoms with Crippen LogP contribution in [0, 0.1) is 23.2 Å². The highest BCUT2D eigenvalue weighted by Gasteiger charge is 2.56. The van der Waals surface area contributed by atoms with Crippen molar-refractivity contribution in [3.63, 3.8) is 0 Å². The standard InChI is InChI=1S/C10H16O2/c1-10(2)6-3-4-7(9(11)12)8(10)5-6/h6-8H,3-5H2,1-2H3,(H,11,12)/t6-,7+,8-/m0/s1. The Morgan fingerprint density at radius 2 is 2.08 bits per heavy atom. The lowest BCUT2D eigenvalue weighted by Crippen LogP contribution is -2.54. The summed E-state index contributed by atoms with van der Waals surface area (Å²) < 4.78 is 0. The van der Waals surface area contributed by atoms with Gasteiger partial charge in [-0.25, -0.2) is 0 Å². The lowest BCUT2D eigenvalue weighted by Gasteiger charge is -2.59. The monoisotopic (exact) mass is 168 g/mol. The molecule has 0 aromatic carbocycles. The third kappa shape index (κ3) is 0.838. The minimum atomic E-state index is -0.578. The van der Waals surface area contributed by atoms with E-state index in [2.05, 4.69) is 13.8 Å². The Morgan fingerprint density at radius 3 is 2.42 bits per heavy atom. The van der Waals surface area contributed by atoms with Gasteiger partial charge >= 0.3 is 5.97 Å². The maximum Gasteiger partial charge on any atom is 0.306 e. The lowest BCUT2D eigenvalue weighted by atomic mass is 9.45. The summed E-state index contributed by atoms with van der Waals surface area (Å²) in [5, 5.41) is 8.97. The summed E-state index contributed by atoms with van der Waals surface area (Å²) in [5.41, 5.74) is 0.307. The van der Waals surface area contributed by atoms with Crippen molar-refractivity contribution >= 4 is 5.97 Å². The van der Waals surface area contributed by atoms with Crippen LogP contribution in [0.2, 0.25) is 0 Å². The Labute approximate surface area is 73.0 Å². The number of carboxylic acid groups (broad SMARTS) is 1. The highest BCUT2D eigenvalue weighted by molar-refractivity contribution is 5.71. The minimum absolute atomic E-state index is 0.0509. The predicted octanol–water partition coefficient (Wildman–Crippen LogP) is 2.14. The van der Waals surface area contributed by atoms with Crippen molar-refractivity contribution in [2.75, 3.05) is 0 Å². The van der Waals surface area contributed by atoms with E-state index in [9.17, 15) is 4.79 Å². The second-order valence-electron chi connectivity index (χ2n) is 4.88. The number of fused-ring (bicyclic) bond motifs is 2. The molecule has 3 aliphatic rings. The molecule has 2 heteroatoms. The highest BCUT2D eigenvalue weighted by atomic mass is 16.4. The Hall–Kier alpha value is -0.530.